The molecular weight excluding hydrogens is 502 g/mol. The zero-order valence-electron chi connectivity index (χ0n) is 20.0. The van der Waals surface area contributed by atoms with Crippen LogP contribution in [-0.4, -0.2) is 62.6 Å². The van der Waals surface area contributed by atoms with Crippen molar-refractivity contribution in [2.45, 2.75) is 43.7 Å². The van der Waals surface area contributed by atoms with Crippen LogP contribution in [0.4, 0.5) is 5.82 Å². The molecule has 0 radical (unpaired) electrons. The molecule has 7 heterocycles. The largest absolute Gasteiger partial charge is 0.382 e. The number of amides is 1. The van der Waals surface area contributed by atoms with Gasteiger partial charge in [-0.2, -0.15) is 14.9 Å². The Bertz CT molecular complexity index is 1670. The van der Waals surface area contributed by atoms with Crippen LogP contribution < -0.4 is 5.73 Å². The molecule has 0 aromatic carbocycles. The first-order valence-electron chi connectivity index (χ1n) is 12.2. The Hall–Kier alpha value is -4.70. The number of hydrogen-bond donors (Lipinski definition) is 2. The van der Waals surface area contributed by atoms with E-state index in [1.165, 1.54) is 22.2 Å². The predicted octanol–water partition coefficient (Wildman–Crippen LogP) is 3.04. The number of pyridine rings is 1. The quantitative estimate of drug-likeness (QED) is 0.360. The van der Waals surface area contributed by atoms with E-state index in [0.717, 1.165) is 34.7 Å². The van der Waals surface area contributed by atoms with Crippen LogP contribution in [-0.2, 0) is 0 Å². The number of aromatic amines is 1. The summed E-state index contributed by atoms with van der Waals surface area (Å²) in [7, 11) is 0. The number of fused-ring (bicyclic) bond motifs is 3. The predicted molar refractivity (Wildman–Crippen MR) is 138 cm³/mol. The van der Waals surface area contributed by atoms with E-state index >= 15 is 0 Å². The average molecular weight is 524 g/mol. The Morgan fingerprint density at radius 1 is 1.18 bits per heavy atom. The first-order chi connectivity index (χ1) is 18.6. The van der Waals surface area contributed by atoms with Gasteiger partial charge in [-0.05, 0) is 31.7 Å². The van der Waals surface area contributed by atoms with Gasteiger partial charge in [0.25, 0.3) is 5.91 Å². The molecule has 2 saturated heterocycles. The van der Waals surface area contributed by atoms with Gasteiger partial charge in [-0.25, -0.2) is 9.97 Å². The fourth-order valence-corrected chi connectivity index (χ4v) is 6.45. The standard InChI is InChI=1S/C25H21N11OS/c26-9-17-20(14-7-15-2-3-16(8-14)35(15)25(37)22-30-12-31-34-22)33-23-18(11-32-36(23)21(17)27)13-1-4-19(29-10-13)24-28-5-6-38-24/h1,4-6,10-12,14-16H,2-3,7-8,27H2,(H,30,31,34)/t14?,15-,16?/m1/s1. The van der Waals surface area contributed by atoms with E-state index in [2.05, 4.69) is 36.3 Å². The number of thiazole rings is 1. The lowest BCUT2D eigenvalue weighted by Crippen LogP contribution is -2.46. The van der Waals surface area contributed by atoms with Crippen molar-refractivity contribution in [3.63, 3.8) is 0 Å². The molecule has 2 aliphatic heterocycles. The number of hydrogen-bond acceptors (Lipinski definition) is 10. The van der Waals surface area contributed by atoms with E-state index in [0.29, 0.717) is 29.7 Å². The maximum absolute atomic E-state index is 13.1. The highest BCUT2D eigenvalue weighted by atomic mass is 32.1. The van der Waals surface area contributed by atoms with Gasteiger partial charge in [0.05, 0.1) is 17.6 Å². The van der Waals surface area contributed by atoms with Crippen LogP contribution in [0.5, 0.6) is 0 Å². The molecule has 2 bridgehead atoms. The molecule has 1 amide bonds. The highest BCUT2D eigenvalue weighted by molar-refractivity contribution is 7.13. The summed E-state index contributed by atoms with van der Waals surface area (Å²) >= 11 is 1.53. The van der Waals surface area contributed by atoms with Crippen molar-refractivity contribution in [3.8, 4) is 27.9 Å². The van der Waals surface area contributed by atoms with Gasteiger partial charge in [-0.15, -0.1) is 21.5 Å². The van der Waals surface area contributed by atoms with Gasteiger partial charge in [0.1, 0.15) is 28.8 Å². The van der Waals surface area contributed by atoms with Crippen LogP contribution in [0.2, 0.25) is 0 Å². The lowest BCUT2D eigenvalue weighted by atomic mass is 9.86. The van der Waals surface area contributed by atoms with Crippen LogP contribution in [0, 0.1) is 11.3 Å². The summed E-state index contributed by atoms with van der Waals surface area (Å²) in [6.45, 7) is 0. The zero-order valence-corrected chi connectivity index (χ0v) is 20.8. The second kappa shape index (κ2) is 8.70. The third kappa shape index (κ3) is 3.45. The maximum Gasteiger partial charge on any atom is 0.292 e. The van der Waals surface area contributed by atoms with E-state index in [9.17, 15) is 10.1 Å². The number of nitrogens with two attached hydrogens (primary N) is 1. The lowest BCUT2D eigenvalue weighted by molar-refractivity contribution is 0.0557. The first kappa shape index (κ1) is 22.5. The summed E-state index contributed by atoms with van der Waals surface area (Å²) in [5, 5.41) is 24.9. The third-order valence-electron chi connectivity index (χ3n) is 7.52. The summed E-state index contributed by atoms with van der Waals surface area (Å²) in [5.41, 5.74) is 10.5. The minimum absolute atomic E-state index is 0.0126. The molecule has 7 rings (SSSR count). The molecule has 0 aliphatic carbocycles. The minimum Gasteiger partial charge on any atom is -0.382 e. The summed E-state index contributed by atoms with van der Waals surface area (Å²) in [6.07, 6.45) is 9.83. The number of piperidine rings is 1. The fraction of sp³-hybridized carbons (Fsp3) is 0.280. The number of nitrogens with one attached hydrogen (secondary N) is 1. The molecule has 12 nitrogen and oxygen atoms in total. The molecule has 5 aromatic heterocycles. The molecule has 38 heavy (non-hydrogen) atoms. The van der Waals surface area contributed by atoms with Crippen molar-refractivity contribution >= 4 is 28.7 Å². The molecule has 3 N–H and O–H groups in total. The van der Waals surface area contributed by atoms with E-state index in [1.807, 2.05) is 22.4 Å². The average Bonchev–Trinajstić information content (AvgIpc) is 3.75. The highest BCUT2D eigenvalue weighted by Gasteiger charge is 2.45. The fourth-order valence-electron chi connectivity index (χ4n) is 5.84. The number of nitrogen functional groups attached to an aromatic ring is 1. The number of carbonyl (C=O) groups is 1. The number of H-pyrrole nitrogens is 1. The molecule has 2 aliphatic rings. The number of carbonyl (C=O) groups excluding carboxylic acids is 1. The normalized spacial score (nSPS) is 20.6. The van der Waals surface area contributed by atoms with Crippen molar-refractivity contribution in [3.05, 3.63) is 59.5 Å². The molecule has 2 unspecified atom stereocenters. The minimum atomic E-state index is -0.136. The van der Waals surface area contributed by atoms with E-state index < -0.39 is 0 Å². The second-order valence-electron chi connectivity index (χ2n) is 9.54. The van der Waals surface area contributed by atoms with Crippen molar-refractivity contribution in [1.29, 1.82) is 5.26 Å². The number of aromatic nitrogens is 8. The van der Waals surface area contributed by atoms with Crippen molar-refractivity contribution in [2.24, 2.45) is 0 Å². The SMILES string of the molecule is N#Cc1c(C2CC3CC[C@H](C2)N3C(=O)c2nnc[nH]2)nc2c(-c3ccc(-c4nccs4)nc3)cnn2c1N. The van der Waals surface area contributed by atoms with Crippen LogP contribution in [0.25, 0.3) is 27.5 Å². The monoisotopic (exact) mass is 523 g/mol. The first-order valence-corrected chi connectivity index (χ1v) is 13.1. The van der Waals surface area contributed by atoms with E-state index in [-0.39, 0.29) is 35.6 Å². The van der Waals surface area contributed by atoms with Crippen LogP contribution in [0.1, 0.15) is 53.5 Å². The molecule has 0 saturated carbocycles. The molecule has 2 fully saturated rings. The van der Waals surface area contributed by atoms with Gasteiger partial charge in [-0.3, -0.25) is 9.78 Å². The lowest BCUT2D eigenvalue weighted by Gasteiger charge is -2.38. The van der Waals surface area contributed by atoms with Crippen molar-refractivity contribution < 1.29 is 4.79 Å². The summed E-state index contributed by atoms with van der Waals surface area (Å²) < 4.78 is 1.52. The molecule has 5 aromatic rings. The van der Waals surface area contributed by atoms with Gasteiger partial charge in [0.15, 0.2) is 5.65 Å². The Morgan fingerprint density at radius 3 is 2.68 bits per heavy atom. The van der Waals surface area contributed by atoms with Crippen LogP contribution in [0.15, 0.2) is 42.4 Å². The van der Waals surface area contributed by atoms with E-state index in [4.69, 9.17) is 10.7 Å². The molecular formula is C25H21N11OS. The van der Waals surface area contributed by atoms with Gasteiger partial charge in [0.2, 0.25) is 5.82 Å². The molecule has 13 heteroatoms. The number of nitrogens with zero attached hydrogens (tertiary/aromatic N) is 9. The topological polar surface area (TPSA) is 168 Å². The number of anilines is 1. The molecule has 0 spiro atoms. The van der Waals surface area contributed by atoms with Crippen molar-refractivity contribution in [1.82, 2.24) is 44.6 Å². The summed E-state index contributed by atoms with van der Waals surface area (Å²) in [5.74, 6) is 0.365. The summed E-state index contributed by atoms with van der Waals surface area (Å²) in [4.78, 5) is 31.7. The van der Waals surface area contributed by atoms with Gasteiger partial charge >= 0.3 is 0 Å². The van der Waals surface area contributed by atoms with Gasteiger partial charge in [0, 0.05) is 46.9 Å². The van der Waals surface area contributed by atoms with Gasteiger partial charge < -0.3 is 15.6 Å². The van der Waals surface area contributed by atoms with Crippen LogP contribution in [0.3, 0.4) is 0 Å². The Labute approximate surface area is 220 Å². The van der Waals surface area contributed by atoms with Gasteiger partial charge in [-0.1, -0.05) is 6.07 Å². The Morgan fingerprint density at radius 2 is 2.03 bits per heavy atom. The smallest absolute Gasteiger partial charge is 0.292 e. The Balaban J connectivity index is 1.25. The van der Waals surface area contributed by atoms with Crippen LogP contribution >= 0.6 is 11.3 Å². The zero-order chi connectivity index (χ0) is 25.8. The van der Waals surface area contributed by atoms with E-state index in [1.54, 1.807) is 18.6 Å². The molecule has 3 atom stereocenters. The highest BCUT2D eigenvalue weighted by Crippen LogP contribution is 2.44. The molecule has 188 valence electrons. The summed E-state index contributed by atoms with van der Waals surface area (Å²) in [6, 6.07) is 6.22. The van der Waals surface area contributed by atoms with Crippen molar-refractivity contribution in [2.75, 3.05) is 5.73 Å². The number of rotatable bonds is 4. The Kier molecular flexibility index (Phi) is 5.15. The second-order valence-corrected chi connectivity index (χ2v) is 10.4. The number of nitriles is 1. The third-order valence-corrected chi connectivity index (χ3v) is 8.32. The maximum atomic E-state index is 13.1.